The van der Waals surface area contributed by atoms with Gasteiger partial charge in [-0.2, -0.15) is 0 Å². The molecule has 0 spiro atoms. The molecule has 1 aliphatic rings. The van der Waals surface area contributed by atoms with Gasteiger partial charge in [0.15, 0.2) is 0 Å². The molecule has 1 fully saturated rings. The highest BCUT2D eigenvalue weighted by atomic mass is 35.5. The number of primary sulfonamides is 1. The predicted octanol–water partition coefficient (Wildman–Crippen LogP) is 2.88. The Bertz CT molecular complexity index is 984. The third-order valence-corrected chi connectivity index (χ3v) is 5.03. The Hall–Kier alpha value is -2.22. The van der Waals surface area contributed by atoms with E-state index in [1.165, 1.54) is 42.5 Å². The Kier molecular flexibility index (Phi) is 4.64. The number of carbonyl (C=O) groups excluding carboxylic acids is 1. The molecular weight excluding hydrogens is 369 g/mol. The highest BCUT2D eigenvalue weighted by Crippen LogP contribution is 2.33. The molecule has 0 aliphatic carbocycles. The Morgan fingerprint density at radius 3 is 2.28 bits per heavy atom. The van der Waals surface area contributed by atoms with Crippen molar-refractivity contribution in [2.24, 2.45) is 5.14 Å². The molecule has 25 heavy (non-hydrogen) atoms. The summed E-state index contributed by atoms with van der Waals surface area (Å²) < 4.78 is 41.3. The third-order valence-electron chi connectivity index (χ3n) is 3.81. The van der Waals surface area contributed by atoms with E-state index in [0.29, 0.717) is 28.7 Å². The molecule has 0 saturated carbocycles. The quantitative estimate of drug-likeness (QED) is 0.654. The van der Waals surface area contributed by atoms with Crippen molar-refractivity contribution < 1.29 is 22.3 Å². The van der Waals surface area contributed by atoms with Gasteiger partial charge in [-0.05, 0) is 41.0 Å². The van der Waals surface area contributed by atoms with Gasteiger partial charge in [0.05, 0.1) is 16.5 Å². The minimum Gasteiger partial charge on any atom is -0.462 e. The number of nitrogens with two attached hydrogens (primary N) is 1. The Balaban J connectivity index is 2.19. The van der Waals surface area contributed by atoms with Crippen molar-refractivity contribution in [2.45, 2.75) is 11.3 Å². The van der Waals surface area contributed by atoms with Gasteiger partial charge in [0, 0.05) is 12.0 Å². The number of hydrogen-bond donors (Lipinski definition) is 1. The predicted molar refractivity (Wildman–Crippen MR) is 90.8 cm³/mol. The maximum atomic E-state index is 13.5. The lowest BCUT2D eigenvalue weighted by Crippen LogP contribution is -2.12. The van der Waals surface area contributed by atoms with Gasteiger partial charge in [0.25, 0.3) is 0 Å². The second-order valence-electron chi connectivity index (χ2n) is 5.44. The summed E-state index contributed by atoms with van der Waals surface area (Å²) >= 11 is 5.86. The summed E-state index contributed by atoms with van der Waals surface area (Å²) in [6, 6.07) is 9.88. The number of esters is 1. The van der Waals surface area contributed by atoms with Crippen LogP contribution in [0.1, 0.15) is 17.5 Å². The van der Waals surface area contributed by atoms with Crippen molar-refractivity contribution in [3.8, 4) is 0 Å². The van der Waals surface area contributed by atoms with Crippen LogP contribution in [0.4, 0.5) is 4.39 Å². The molecule has 2 aromatic carbocycles. The van der Waals surface area contributed by atoms with E-state index >= 15 is 0 Å². The first-order chi connectivity index (χ1) is 11.8. The molecular formula is C17H13ClFNO4S. The fraction of sp³-hybridized carbons (Fsp3) is 0.118. The molecule has 3 rings (SSSR count). The number of cyclic esters (lactones) is 1. The second-order valence-corrected chi connectivity index (χ2v) is 7.41. The normalized spacial score (nSPS) is 16.7. The van der Waals surface area contributed by atoms with Gasteiger partial charge in [-0.15, -0.1) is 0 Å². The lowest BCUT2D eigenvalue weighted by atomic mass is 9.92. The van der Waals surface area contributed by atoms with E-state index in [1.807, 2.05) is 0 Å². The molecule has 0 unspecified atom stereocenters. The number of carbonyl (C=O) groups is 1. The largest absolute Gasteiger partial charge is 0.462 e. The smallest absolute Gasteiger partial charge is 0.334 e. The van der Waals surface area contributed by atoms with Gasteiger partial charge in [-0.3, -0.25) is 0 Å². The zero-order valence-electron chi connectivity index (χ0n) is 12.8. The number of hydrogen-bond acceptors (Lipinski definition) is 4. The molecule has 130 valence electrons. The van der Waals surface area contributed by atoms with Crippen LogP contribution in [0.2, 0.25) is 5.02 Å². The van der Waals surface area contributed by atoms with Crippen LogP contribution in [0.15, 0.2) is 52.9 Å². The van der Waals surface area contributed by atoms with Crippen LogP contribution >= 0.6 is 11.6 Å². The average Bonchev–Trinajstić information content (AvgIpc) is 2.97. The van der Waals surface area contributed by atoms with E-state index in [-0.39, 0.29) is 16.5 Å². The van der Waals surface area contributed by atoms with E-state index in [2.05, 4.69) is 0 Å². The standard InChI is InChI=1S/C17H13ClFNO4S/c18-14-9-11(3-6-15(14)19)16(13-7-8-24-17(13)21)10-1-4-12(5-2-10)25(20,22)23/h1-6,9H,7-8H2,(H2,20,22,23)/b16-13-. The van der Waals surface area contributed by atoms with Crippen molar-refractivity contribution in [1.82, 2.24) is 0 Å². The second kappa shape index (κ2) is 6.59. The summed E-state index contributed by atoms with van der Waals surface area (Å²) in [7, 11) is -3.83. The molecule has 2 N–H and O–H groups in total. The number of ether oxygens (including phenoxy) is 1. The fourth-order valence-electron chi connectivity index (χ4n) is 2.64. The van der Waals surface area contributed by atoms with Crippen LogP contribution < -0.4 is 5.14 Å². The van der Waals surface area contributed by atoms with E-state index < -0.39 is 21.8 Å². The van der Waals surface area contributed by atoms with Crippen molar-refractivity contribution in [3.05, 3.63) is 70.0 Å². The number of benzene rings is 2. The van der Waals surface area contributed by atoms with Crippen molar-refractivity contribution in [1.29, 1.82) is 0 Å². The maximum Gasteiger partial charge on any atom is 0.334 e. The summed E-state index contributed by atoms with van der Waals surface area (Å²) in [6.07, 6.45) is 0.389. The van der Waals surface area contributed by atoms with Crippen LogP contribution in [0.3, 0.4) is 0 Å². The summed E-state index contributed by atoms with van der Waals surface area (Å²) in [5, 5.41) is 5.02. The van der Waals surface area contributed by atoms with Gasteiger partial charge >= 0.3 is 5.97 Å². The number of rotatable bonds is 3. The zero-order chi connectivity index (χ0) is 18.2. The molecule has 0 bridgehead atoms. The maximum absolute atomic E-state index is 13.5. The van der Waals surface area contributed by atoms with E-state index in [4.69, 9.17) is 21.5 Å². The Labute approximate surface area is 148 Å². The monoisotopic (exact) mass is 381 g/mol. The van der Waals surface area contributed by atoms with Gasteiger partial charge in [-0.1, -0.05) is 29.8 Å². The van der Waals surface area contributed by atoms with Gasteiger partial charge < -0.3 is 4.74 Å². The molecule has 0 aromatic heterocycles. The zero-order valence-corrected chi connectivity index (χ0v) is 14.4. The van der Waals surface area contributed by atoms with Gasteiger partial charge in [0.1, 0.15) is 5.82 Å². The average molecular weight is 382 g/mol. The number of sulfonamides is 1. The van der Waals surface area contributed by atoms with E-state index in [9.17, 15) is 17.6 Å². The first kappa shape index (κ1) is 17.6. The van der Waals surface area contributed by atoms with Crippen LogP contribution in [-0.2, 0) is 19.6 Å². The van der Waals surface area contributed by atoms with E-state index in [1.54, 1.807) is 0 Å². The molecule has 5 nitrogen and oxygen atoms in total. The fourth-order valence-corrected chi connectivity index (χ4v) is 3.34. The molecule has 2 aromatic rings. The Morgan fingerprint density at radius 2 is 1.76 bits per heavy atom. The van der Waals surface area contributed by atoms with Crippen LogP contribution in [-0.4, -0.2) is 21.0 Å². The summed E-state index contributed by atoms with van der Waals surface area (Å²) in [5.41, 5.74) is 2.05. The van der Waals surface area contributed by atoms with Crippen molar-refractivity contribution in [3.63, 3.8) is 0 Å². The minimum absolute atomic E-state index is 0.0493. The first-order valence-corrected chi connectivity index (χ1v) is 9.19. The van der Waals surface area contributed by atoms with Gasteiger partial charge in [0.2, 0.25) is 10.0 Å². The molecule has 8 heteroatoms. The Morgan fingerprint density at radius 1 is 1.12 bits per heavy atom. The van der Waals surface area contributed by atoms with E-state index in [0.717, 1.165) is 0 Å². The lowest BCUT2D eigenvalue weighted by Gasteiger charge is -2.12. The molecule has 1 aliphatic heterocycles. The van der Waals surface area contributed by atoms with Crippen molar-refractivity contribution in [2.75, 3.05) is 6.61 Å². The number of halogens is 2. The molecule has 0 amide bonds. The molecule has 0 atom stereocenters. The summed E-state index contributed by atoms with van der Waals surface area (Å²) in [4.78, 5) is 12.0. The molecule has 0 radical (unpaired) electrons. The van der Waals surface area contributed by atoms with Crippen LogP contribution in [0.5, 0.6) is 0 Å². The molecule has 1 saturated heterocycles. The SMILES string of the molecule is NS(=O)(=O)c1ccc(/C(=C2\CCOC2=O)c2ccc(F)c(Cl)c2)cc1. The highest BCUT2D eigenvalue weighted by Gasteiger charge is 2.25. The van der Waals surface area contributed by atoms with Gasteiger partial charge in [-0.25, -0.2) is 22.7 Å². The van der Waals surface area contributed by atoms with Crippen LogP contribution in [0, 0.1) is 5.82 Å². The summed E-state index contributed by atoms with van der Waals surface area (Å²) in [5.74, 6) is -1.04. The lowest BCUT2D eigenvalue weighted by molar-refractivity contribution is -0.135. The van der Waals surface area contributed by atoms with Crippen molar-refractivity contribution >= 4 is 33.2 Å². The third kappa shape index (κ3) is 3.58. The first-order valence-electron chi connectivity index (χ1n) is 7.26. The summed E-state index contributed by atoms with van der Waals surface area (Å²) in [6.45, 7) is 0.252. The highest BCUT2D eigenvalue weighted by molar-refractivity contribution is 7.89. The topological polar surface area (TPSA) is 86.5 Å². The van der Waals surface area contributed by atoms with Crippen LogP contribution in [0.25, 0.3) is 5.57 Å². The molecule has 1 heterocycles. The minimum atomic E-state index is -3.83.